The van der Waals surface area contributed by atoms with Gasteiger partial charge < -0.3 is 10.4 Å². The number of aromatic hydroxyl groups is 1. The highest BCUT2D eigenvalue weighted by Gasteiger charge is 2.11. The summed E-state index contributed by atoms with van der Waals surface area (Å²) in [7, 11) is 0. The molecule has 0 aliphatic carbocycles. The maximum absolute atomic E-state index is 12.9. The van der Waals surface area contributed by atoms with Crippen molar-refractivity contribution >= 4 is 5.69 Å². The van der Waals surface area contributed by atoms with E-state index in [4.69, 9.17) is 5.26 Å². The predicted octanol–water partition coefficient (Wildman–Crippen LogP) is 3.58. The molecule has 0 aliphatic heterocycles. The van der Waals surface area contributed by atoms with E-state index in [-0.39, 0.29) is 11.8 Å². The number of phenols is 1. The lowest BCUT2D eigenvalue weighted by atomic mass is 10.1. The van der Waals surface area contributed by atoms with Crippen molar-refractivity contribution in [2.24, 2.45) is 0 Å². The minimum Gasteiger partial charge on any atom is -0.507 e. The first-order valence-corrected chi connectivity index (χ1v) is 5.85. The molecule has 96 valence electrons. The van der Waals surface area contributed by atoms with Crippen molar-refractivity contribution in [1.82, 2.24) is 0 Å². The van der Waals surface area contributed by atoms with Crippen LogP contribution in [0.5, 0.6) is 5.75 Å². The van der Waals surface area contributed by atoms with Crippen molar-refractivity contribution in [3.05, 3.63) is 59.4 Å². The number of rotatable bonds is 3. The monoisotopic (exact) mass is 256 g/mol. The molecule has 0 aromatic heterocycles. The Kier molecular flexibility index (Phi) is 3.67. The molecule has 1 atom stereocenters. The number of hydrogen-bond acceptors (Lipinski definition) is 3. The fraction of sp³-hybridized carbons (Fsp3) is 0.133. The number of anilines is 1. The van der Waals surface area contributed by atoms with E-state index in [1.807, 2.05) is 13.0 Å². The summed E-state index contributed by atoms with van der Waals surface area (Å²) in [5.41, 5.74) is 1.93. The van der Waals surface area contributed by atoms with Gasteiger partial charge in [-0.3, -0.25) is 0 Å². The van der Waals surface area contributed by atoms with Gasteiger partial charge in [-0.15, -0.1) is 0 Å². The Morgan fingerprint density at radius 3 is 2.74 bits per heavy atom. The summed E-state index contributed by atoms with van der Waals surface area (Å²) in [5.74, 6) is -0.559. The average molecular weight is 256 g/mol. The first-order chi connectivity index (χ1) is 9.10. The van der Waals surface area contributed by atoms with Crippen LogP contribution in [0.3, 0.4) is 0 Å². The molecule has 3 nitrogen and oxygen atoms in total. The van der Waals surface area contributed by atoms with Gasteiger partial charge in [0.15, 0.2) is 0 Å². The van der Waals surface area contributed by atoms with Crippen LogP contribution >= 0.6 is 0 Å². The zero-order valence-electron chi connectivity index (χ0n) is 10.4. The van der Waals surface area contributed by atoms with Crippen molar-refractivity contribution in [3.8, 4) is 11.8 Å². The lowest BCUT2D eigenvalue weighted by Gasteiger charge is -2.17. The number of hydrogen-bond donors (Lipinski definition) is 2. The summed E-state index contributed by atoms with van der Waals surface area (Å²) in [6, 6.07) is 12.8. The Bertz CT molecular complexity index is 634. The van der Waals surface area contributed by atoms with Crippen molar-refractivity contribution in [1.29, 1.82) is 5.26 Å². The molecule has 19 heavy (non-hydrogen) atoms. The van der Waals surface area contributed by atoms with E-state index in [1.54, 1.807) is 18.2 Å². The van der Waals surface area contributed by atoms with Gasteiger partial charge in [-0.1, -0.05) is 12.1 Å². The van der Waals surface area contributed by atoms with Crippen molar-refractivity contribution in [2.75, 3.05) is 5.32 Å². The molecule has 0 spiro atoms. The van der Waals surface area contributed by atoms with E-state index < -0.39 is 5.82 Å². The van der Waals surface area contributed by atoms with Gasteiger partial charge >= 0.3 is 0 Å². The Labute approximate surface area is 110 Å². The third kappa shape index (κ3) is 3.02. The second-order valence-electron chi connectivity index (χ2n) is 4.26. The summed E-state index contributed by atoms with van der Waals surface area (Å²) >= 11 is 0. The largest absolute Gasteiger partial charge is 0.507 e. The first kappa shape index (κ1) is 12.9. The van der Waals surface area contributed by atoms with Crippen LogP contribution in [0.2, 0.25) is 0 Å². The first-order valence-electron chi connectivity index (χ1n) is 5.85. The molecule has 0 saturated carbocycles. The Morgan fingerprint density at radius 2 is 2.05 bits per heavy atom. The molecular formula is C15H13FN2O. The van der Waals surface area contributed by atoms with Crippen LogP contribution in [0.1, 0.15) is 24.1 Å². The van der Waals surface area contributed by atoms with Crippen LogP contribution in [0.4, 0.5) is 10.1 Å². The van der Waals surface area contributed by atoms with Crippen molar-refractivity contribution in [2.45, 2.75) is 13.0 Å². The van der Waals surface area contributed by atoms with Crippen LogP contribution in [0, 0.1) is 17.1 Å². The summed E-state index contributed by atoms with van der Waals surface area (Å²) in [4.78, 5) is 0. The van der Waals surface area contributed by atoms with E-state index >= 15 is 0 Å². The van der Waals surface area contributed by atoms with Crippen LogP contribution in [0.25, 0.3) is 0 Å². The second-order valence-corrected chi connectivity index (χ2v) is 4.26. The standard InChI is InChI=1S/C15H13FN2O/c1-10(14-6-5-12(16)8-15(14)19)18-13-4-2-3-11(7-13)9-17/h2-8,10,18-19H,1H3. The summed E-state index contributed by atoms with van der Waals surface area (Å²) < 4.78 is 12.9. The lowest BCUT2D eigenvalue weighted by Crippen LogP contribution is -2.07. The zero-order chi connectivity index (χ0) is 13.8. The van der Waals surface area contributed by atoms with Gasteiger partial charge in [-0.05, 0) is 31.2 Å². The highest BCUT2D eigenvalue weighted by molar-refractivity contribution is 5.51. The average Bonchev–Trinajstić information content (AvgIpc) is 2.38. The molecule has 2 aromatic rings. The fourth-order valence-electron chi connectivity index (χ4n) is 1.89. The molecule has 0 radical (unpaired) electrons. The highest BCUT2D eigenvalue weighted by atomic mass is 19.1. The quantitative estimate of drug-likeness (QED) is 0.882. The van der Waals surface area contributed by atoms with E-state index in [9.17, 15) is 9.50 Å². The smallest absolute Gasteiger partial charge is 0.126 e. The second kappa shape index (κ2) is 5.40. The summed E-state index contributed by atoms with van der Waals surface area (Å²) in [6.45, 7) is 1.85. The van der Waals surface area contributed by atoms with Gasteiger partial charge in [0.1, 0.15) is 11.6 Å². The van der Waals surface area contributed by atoms with Crippen molar-refractivity contribution < 1.29 is 9.50 Å². The van der Waals surface area contributed by atoms with E-state index in [1.165, 1.54) is 12.1 Å². The SMILES string of the molecule is CC(Nc1cccc(C#N)c1)c1ccc(F)cc1O. The maximum Gasteiger partial charge on any atom is 0.126 e. The number of nitrogens with one attached hydrogen (secondary N) is 1. The van der Waals surface area contributed by atoms with Crippen LogP contribution in [-0.2, 0) is 0 Å². The Balaban J connectivity index is 2.20. The molecule has 0 heterocycles. The molecule has 1 unspecified atom stereocenters. The van der Waals surface area contributed by atoms with Gasteiger partial charge in [-0.25, -0.2) is 4.39 Å². The number of nitriles is 1. The predicted molar refractivity (Wildman–Crippen MR) is 71.3 cm³/mol. The molecule has 2 N–H and O–H groups in total. The molecule has 0 saturated heterocycles. The van der Waals surface area contributed by atoms with E-state index in [0.29, 0.717) is 11.1 Å². The molecule has 0 bridgehead atoms. The fourth-order valence-corrected chi connectivity index (χ4v) is 1.89. The summed E-state index contributed by atoms with van der Waals surface area (Å²) in [6.07, 6.45) is 0. The Morgan fingerprint density at radius 1 is 1.26 bits per heavy atom. The molecule has 0 amide bonds. The maximum atomic E-state index is 12.9. The van der Waals surface area contributed by atoms with Gasteiger partial charge in [0.05, 0.1) is 17.7 Å². The number of phenolic OH excluding ortho intramolecular Hbond substituents is 1. The molecule has 2 aromatic carbocycles. The van der Waals surface area contributed by atoms with Crippen molar-refractivity contribution in [3.63, 3.8) is 0 Å². The zero-order valence-corrected chi connectivity index (χ0v) is 10.4. The molecule has 4 heteroatoms. The molecule has 0 aliphatic rings. The molecule has 0 fully saturated rings. The minimum atomic E-state index is -0.472. The van der Waals surface area contributed by atoms with Crippen LogP contribution in [0.15, 0.2) is 42.5 Å². The third-order valence-corrected chi connectivity index (χ3v) is 2.83. The van der Waals surface area contributed by atoms with E-state index in [2.05, 4.69) is 11.4 Å². The van der Waals surface area contributed by atoms with Crippen LogP contribution < -0.4 is 5.32 Å². The lowest BCUT2D eigenvalue weighted by molar-refractivity contribution is 0.459. The summed E-state index contributed by atoms with van der Waals surface area (Å²) in [5, 5.41) is 21.7. The number of halogens is 1. The number of benzene rings is 2. The van der Waals surface area contributed by atoms with Gasteiger partial charge in [-0.2, -0.15) is 5.26 Å². The molecule has 2 rings (SSSR count). The topological polar surface area (TPSA) is 56.0 Å². The highest BCUT2D eigenvalue weighted by Crippen LogP contribution is 2.27. The third-order valence-electron chi connectivity index (χ3n) is 2.83. The molecular weight excluding hydrogens is 243 g/mol. The normalized spacial score (nSPS) is 11.6. The number of nitrogens with zero attached hydrogens (tertiary/aromatic N) is 1. The van der Waals surface area contributed by atoms with E-state index in [0.717, 1.165) is 11.8 Å². The van der Waals surface area contributed by atoms with Crippen LogP contribution in [-0.4, -0.2) is 5.11 Å². The Hall–Kier alpha value is -2.54. The van der Waals surface area contributed by atoms with Gasteiger partial charge in [0.25, 0.3) is 0 Å². The van der Waals surface area contributed by atoms with Gasteiger partial charge in [0.2, 0.25) is 0 Å². The minimum absolute atomic E-state index is 0.0866. The van der Waals surface area contributed by atoms with Gasteiger partial charge in [0, 0.05) is 17.3 Å².